The molecule has 9 nitrogen and oxygen atoms in total. The molecule has 1 aliphatic heterocycles. The van der Waals surface area contributed by atoms with Crippen LogP contribution in [0.1, 0.15) is 191 Å². The molecule has 1 aliphatic carbocycles. The number of unbranched alkanes of at least 4 members (excludes halogenated alkanes) is 15. The van der Waals surface area contributed by atoms with Gasteiger partial charge in [0.25, 0.3) is 0 Å². The minimum Gasteiger partial charge on any atom is -0.481 e. The number of carboxylic acids is 1. The summed E-state index contributed by atoms with van der Waals surface area (Å²) in [5.74, 6) is -2.66. The van der Waals surface area contributed by atoms with Gasteiger partial charge in [0.05, 0.1) is 13.0 Å². The Kier molecular flexibility index (Phi) is 18.2. The van der Waals surface area contributed by atoms with Crippen molar-refractivity contribution in [2.75, 3.05) is 6.61 Å². The lowest BCUT2D eigenvalue weighted by Crippen LogP contribution is -2.53. The highest BCUT2D eigenvalue weighted by Crippen LogP contribution is 2.42. The van der Waals surface area contributed by atoms with Crippen molar-refractivity contribution in [3.05, 3.63) is 23.5 Å². The third kappa shape index (κ3) is 14.2. The van der Waals surface area contributed by atoms with Gasteiger partial charge in [-0.05, 0) is 51.5 Å². The van der Waals surface area contributed by atoms with E-state index < -0.39 is 29.2 Å². The molecule has 2 fully saturated rings. The number of carboxylic acid groups (broad SMARTS) is 1. The minimum atomic E-state index is -0.941. The second kappa shape index (κ2) is 21.8. The Bertz CT molecular complexity index is 1190. The molecular weight excluding hydrogens is 630 g/mol. The third-order valence-corrected chi connectivity index (χ3v) is 10.7. The van der Waals surface area contributed by atoms with Gasteiger partial charge >= 0.3 is 12.0 Å². The summed E-state index contributed by atoms with van der Waals surface area (Å²) >= 11 is 0. The number of nitrogens with one attached hydrogen (secondary N) is 2. The first kappa shape index (κ1) is 41.9. The zero-order valence-corrected chi connectivity index (χ0v) is 32.0. The predicted octanol–water partition coefficient (Wildman–Crippen LogP) is 10.5. The molecule has 50 heavy (non-hydrogen) atoms. The van der Waals surface area contributed by atoms with Gasteiger partial charge < -0.3 is 24.9 Å². The van der Waals surface area contributed by atoms with Crippen LogP contribution in [0.25, 0.3) is 0 Å². The fourth-order valence-corrected chi connectivity index (χ4v) is 7.79. The van der Waals surface area contributed by atoms with E-state index in [9.17, 15) is 19.5 Å². The van der Waals surface area contributed by atoms with Crippen molar-refractivity contribution in [2.45, 2.75) is 193 Å². The number of H-pyrrole nitrogens is 1. The molecule has 9 heteroatoms. The van der Waals surface area contributed by atoms with E-state index in [1.165, 1.54) is 83.5 Å². The van der Waals surface area contributed by atoms with Crippen molar-refractivity contribution in [3.63, 3.8) is 0 Å². The van der Waals surface area contributed by atoms with E-state index in [-0.39, 0.29) is 30.2 Å². The molecule has 0 aromatic carbocycles. The number of urea groups is 1. The Labute approximate surface area is 302 Å². The minimum absolute atomic E-state index is 0.149. The molecule has 0 radical (unpaired) electrons. The molecule has 3 rings (SSSR count). The molecule has 4 unspecified atom stereocenters. The number of hydrogen-bond donors (Lipinski definition) is 3. The number of ether oxygens (including phenoxy) is 2. The molecule has 1 saturated heterocycles. The van der Waals surface area contributed by atoms with Crippen molar-refractivity contribution >= 4 is 24.0 Å². The van der Waals surface area contributed by atoms with Gasteiger partial charge in [-0.25, -0.2) is 9.79 Å². The number of nitrogens with zero attached hydrogens (tertiary/aromatic N) is 1. The average molecular weight is 700 g/mol. The van der Waals surface area contributed by atoms with Crippen molar-refractivity contribution in [1.29, 1.82) is 0 Å². The van der Waals surface area contributed by atoms with Crippen LogP contribution in [-0.4, -0.2) is 58.6 Å². The van der Waals surface area contributed by atoms with Crippen LogP contribution in [0.3, 0.4) is 0 Å². The predicted molar refractivity (Wildman–Crippen MR) is 201 cm³/mol. The Balaban J connectivity index is 1.45. The smallest absolute Gasteiger partial charge is 0.340 e. The summed E-state index contributed by atoms with van der Waals surface area (Å²) in [7, 11) is 0. The van der Waals surface area contributed by atoms with Crippen LogP contribution in [0, 0.1) is 11.3 Å². The number of rotatable bonds is 23. The lowest BCUT2D eigenvalue weighted by molar-refractivity contribution is -0.298. The van der Waals surface area contributed by atoms with Crippen LogP contribution in [0.2, 0.25) is 0 Å². The van der Waals surface area contributed by atoms with Crippen LogP contribution in [-0.2, 0) is 14.3 Å². The second-order valence-corrected chi connectivity index (χ2v) is 16.1. The molecule has 2 aliphatic rings. The van der Waals surface area contributed by atoms with E-state index in [0.29, 0.717) is 17.9 Å². The number of aliphatic carboxylic acids is 1. The Morgan fingerprint density at radius 2 is 1.50 bits per heavy atom. The number of aromatic nitrogens is 1. The molecule has 1 saturated carbocycles. The van der Waals surface area contributed by atoms with Gasteiger partial charge in [0.15, 0.2) is 11.6 Å². The monoisotopic (exact) mass is 700 g/mol. The number of hydrogen-bond acceptors (Lipinski definition) is 5. The van der Waals surface area contributed by atoms with Gasteiger partial charge in [-0.2, -0.15) is 0 Å². The number of aromatic amines is 1. The normalized spacial score (nSPS) is 22.4. The molecule has 1 aromatic rings. The largest absolute Gasteiger partial charge is 0.481 e. The molecule has 0 spiro atoms. The SMILES string of the molecule is CCCCCCCCCCCCCCCCCC=NC(=O)NC1CCCCC1C(CC(=O)O)c1[nH]ccc1C(=O)C1OC(C)(C)OCC1(C)C. The maximum absolute atomic E-state index is 14.0. The molecule has 284 valence electrons. The van der Waals surface area contributed by atoms with Gasteiger partial charge in [-0.15, -0.1) is 0 Å². The highest BCUT2D eigenvalue weighted by molar-refractivity contribution is 6.01. The molecule has 0 bridgehead atoms. The number of aliphatic imine (C=N–C) groups is 1. The van der Waals surface area contributed by atoms with E-state index in [4.69, 9.17) is 9.47 Å². The van der Waals surface area contributed by atoms with Crippen LogP contribution < -0.4 is 5.32 Å². The topological polar surface area (TPSA) is 130 Å². The Hall–Kier alpha value is -2.52. The van der Waals surface area contributed by atoms with Gasteiger partial charge in [-0.3, -0.25) is 9.59 Å². The summed E-state index contributed by atoms with van der Waals surface area (Å²) < 4.78 is 12.0. The number of Topliss-reactive ketones (excluding diaryl/α,β-unsaturated/α-hetero) is 1. The molecule has 1 aromatic heterocycles. The maximum atomic E-state index is 14.0. The van der Waals surface area contributed by atoms with Crippen LogP contribution >= 0.6 is 0 Å². The summed E-state index contributed by atoms with van der Waals surface area (Å²) in [5, 5.41) is 13.1. The fourth-order valence-electron chi connectivity index (χ4n) is 7.79. The Morgan fingerprint density at radius 1 is 0.920 bits per heavy atom. The fraction of sp³-hybridized carbons (Fsp3) is 0.805. The highest BCUT2D eigenvalue weighted by atomic mass is 16.7. The maximum Gasteiger partial charge on any atom is 0.340 e. The lowest BCUT2D eigenvalue weighted by atomic mass is 9.72. The van der Waals surface area contributed by atoms with Crippen molar-refractivity contribution in [2.24, 2.45) is 16.3 Å². The number of carbonyl (C=O) groups is 3. The molecular formula is C41H69N3O6. The quantitative estimate of drug-likeness (QED) is 0.0592. The average Bonchev–Trinajstić information content (AvgIpc) is 3.56. The summed E-state index contributed by atoms with van der Waals surface area (Å²) in [6.07, 6.45) is 26.5. The first-order valence-corrected chi connectivity index (χ1v) is 20.0. The first-order chi connectivity index (χ1) is 23.9. The van der Waals surface area contributed by atoms with E-state index in [2.05, 4.69) is 22.2 Å². The summed E-state index contributed by atoms with van der Waals surface area (Å²) in [6.45, 7) is 10.1. The van der Waals surface area contributed by atoms with Crippen LogP contribution in [0.5, 0.6) is 0 Å². The van der Waals surface area contributed by atoms with Crippen molar-refractivity contribution < 1.29 is 29.0 Å². The standard InChI is InChI=1S/C41H69N3O6/c1-6-7-8-9-10-11-12-13-14-15-16-17-18-19-20-23-27-43-39(48)44-34-25-22-21-24-31(34)33(29-35(45)46)36-32(26-28-42-36)37(47)38-40(2,3)30-49-41(4,5)50-38/h26-28,31,33-34,38,42H,6-25,29-30H2,1-5H3,(H,44,48)(H,45,46). The van der Waals surface area contributed by atoms with E-state index in [0.717, 1.165) is 44.9 Å². The number of carbonyl (C=O) groups excluding carboxylic acids is 2. The summed E-state index contributed by atoms with van der Waals surface area (Å²) in [6, 6.07) is 1.12. The first-order valence-electron chi connectivity index (χ1n) is 20.0. The van der Waals surface area contributed by atoms with Crippen LogP contribution in [0.15, 0.2) is 17.3 Å². The van der Waals surface area contributed by atoms with Crippen LogP contribution in [0.4, 0.5) is 4.79 Å². The van der Waals surface area contributed by atoms with E-state index in [1.54, 1.807) is 32.3 Å². The van der Waals surface area contributed by atoms with Crippen molar-refractivity contribution in [1.82, 2.24) is 10.3 Å². The molecule has 2 amide bonds. The molecule has 3 N–H and O–H groups in total. The second-order valence-electron chi connectivity index (χ2n) is 16.1. The van der Waals surface area contributed by atoms with Gasteiger partial charge in [0, 0.05) is 41.0 Å². The summed E-state index contributed by atoms with van der Waals surface area (Å²) in [4.78, 5) is 46.6. The number of ketones is 1. The lowest BCUT2D eigenvalue weighted by Gasteiger charge is -2.45. The van der Waals surface area contributed by atoms with E-state index in [1.807, 2.05) is 13.8 Å². The van der Waals surface area contributed by atoms with Gasteiger partial charge in [-0.1, -0.05) is 124 Å². The van der Waals surface area contributed by atoms with Crippen molar-refractivity contribution in [3.8, 4) is 0 Å². The Morgan fingerprint density at radius 3 is 2.10 bits per heavy atom. The number of amides is 2. The van der Waals surface area contributed by atoms with E-state index >= 15 is 0 Å². The van der Waals surface area contributed by atoms with Gasteiger partial charge in [0.1, 0.15) is 6.10 Å². The molecule has 4 atom stereocenters. The third-order valence-electron chi connectivity index (χ3n) is 10.7. The molecule has 2 heterocycles. The zero-order chi connectivity index (χ0) is 36.4. The zero-order valence-electron chi connectivity index (χ0n) is 32.0. The highest BCUT2D eigenvalue weighted by Gasteiger charge is 2.47. The summed E-state index contributed by atoms with van der Waals surface area (Å²) in [5.41, 5.74) is 0.489. The van der Waals surface area contributed by atoms with Gasteiger partial charge in [0.2, 0.25) is 0 Å².